The highest BCUT2D eigenvalue weighted by molar-refractivity contribution is 5.30. The van der Waals surface area contributed by atoms with E-state index in [0.29, 0.717) is 11.8 Å². The molecular weight excluding hydrogens is 283 g/mol. The maximum atomic E-state index is 13.5. The number of ether oxygens (including phenoxy) is 2. The molecule has 0 aromatic heterocycles. The van der Waals surface area contributed by atoms with Crippen LogP contribution in [0.25, 0.3) is 0 Å². The first-order valence-electron chi connectivity index (χ1n) is 8.13. The Labute approximate surface area is 131 Å². The molecule has 1 unspecified atom stereocenters. The Balaban J connectivity index is 1.60. The lowest BCUT2D eigenvalue weighted by molar-refractivity contribution is -0.00358. The second kappa shape index (κ2) is 7.40. The number of morpholine rings is 1. The summed E-state index contributed by atoms with van der Waals surface area (Å²) >= 11 is 0. The molecular formula is C17H25FN2O2. The van der Waals surface area contributed by atoms with Gasteiger partial charge in [-0.05, 0) is 37.1 Å². The van der Waals surface area contributed by atoms with Crippen LogP contribution in [0.5, 0.6) is 5.75 Å². The predicted molar refractivity (Wildman–Crippen MR) is 83.6 cm³/mol. The van der Waals surface area contributed by atoms with Gasteiger partial charge in [0, 0.05) is 32.2 Å². The first kappa shape index (κ1) is 15.7. The van der Waals surface area contributed by atoms with Crippen LogP contribution in [-0.2, 0) is 11.3 Å². The summed E-state index contributed by atoms with van der Waals surface area (Å²) in [6.45, 7) is 6.85. The molecule has 5 heteroatoms. The Bertz CT molecular complexity index is 492. The van der Waals surface area contributed by atoms with Gasteiger partial charge in [0.15, 0.2) is 11.6 Å². The van der Waals surface area contributed by atoms with Gasteiger partial charge in [-0.2, -0.15) is 0 Å². The number of rotatable bonds is 4. The second-order valence-corrected chi connectivity index (χ2v) is 6.15. The molecule has 4 nitrogen and oxygen atoms in total. The SMILES string of the molecule is COc1cc(CN2CCCC(N3CCOCC3)C2)ccc1F. The fraction of sp³-hybridized carbons (Fsp3) is 0.647. The van der Waals surface area contributed by atoms with E-state index in [9.17, 15) is 4.39 Å². The van der Waals surface area contributed by atoms with Crippen molar-refractivity contribution in [2.24, 2.45) is 0 Å². The van der Waals surface area contributed by atoms with E-state index in [-0.39, 0.29) is 5.82 Å². The van der Waals surface area contributed by atoms with Gasteiger partial charge in [0.05, 0.1) is 20.3 Å². The van der Waals surface area contributed by atoms with Crippen LogP contribution >= 0.6 is 0 Å². The largest absolute Gasteiger partial charge is 0.494 e. The lowest BCUT2D eigenvalue weighted by Gasteiger charge is -2.41. The van der Waals surface area contributed by atoms with Crippen LogP contribution in [0.3, 0.4) is 0 Å². The molecule has 2 heterocycles. The number of piperidine rings is 1. The van der Waals surface area contributed by atoms with E-state index in [1.807, 2.05) is 12.1 Å². The first-order valence-corrected chi connectivity index (χ1v) is 8.13. The van der Waals surface area contributed by atoms with Crippen molar-refractivity contribution in [3.8, 4) is 5.75 Å². The number of hydrogen-bond acceptors (Lipinski definition) is 4. The lowest BCUT2D eigenvalue weighted by atomic mass is 10.0. The first-order chi connectivity index (χ1) is 10.8. The Kier molecular flexibility index (Phi) is 5.28. The monoisotopic (exact) mass is 308 g/mol. The number of nitrogens with zero attached hydrogens (tertiary/aromatic N) is 2. The van der Waals surface area contributed by atoms with Gasteiger partial charge < -0.3 is 9.47 Å². The molecule has 1 aromatic carbocycles. The number of methoxy groups -OCH3 is 1. The van der Waals surface area contributed by atoms with E-state index < -0.39 is 0 Å². The molecule has 22 heavy (non-hydrogen) atoms. The van der Waals surface area contributed by atoms with Crippen LogP contribution < -0.4 is 4.74 Å². The summed E-state index contributed by atoms with van der Waals surface area (Å²) < 4.78 is 24.0. The summed E-state index contributed by atoms with van der Waals surface area (Å²) in [7, 11) is 1.51. The molecule has 1 aromatic rings. The van der Waals surface area contributed by atoms with E-state index in [0.717, 1.165) is 51.5 Å². The molecule has 3 rings (SSSR count). The zero-order valence-electron chi connectivity index (χ0n) is 13.3. The average Bonchev–Trinajstić information content (AvgIpc) is 2.58. The van der Waals surface area contributed by atoms with Crippen LogP contribution in [-0.4, -0.2) is 62.3 Å². The third kappa shape index (κ3) is 3.77. The van der Waals surface area contributed by atoms with Gasteiger partial charge in [0.1, 0.15) is 0 Å². The molecule has 0 aliphatic carbocycles. The highest BCUT2D eigenvalue weighted by atomic mass is 19.1. The van der Waals surface area contributed by atoms with Gasteiger partial charge in [0.2, 0.25) is 0 Å². The van der Waals surface area contributed by atoms with Gasteiger partial charge in [-0.3, -0.25) is 9.80 Å². The minimum atomic E-state index is -0.295. The van der Waals surface area contributed by atoms with Gasteiger partial charge >= 0.3 is 0 Å². The summed E-state index contributed by atoms with van der Waals surface area (Å²) in [4.78, 5) is 5.03. The Morgan fingerprint density at radius 3 is 2.86 bits per heavy atom. The summed E-state index contributed by atoms with van der Waals surface area (Å²) in [5.41, 5.74) is 1.11. The van der Waals surface area contributed by atoms with Crippen LogP contribution in [0, 0.1) is 5.82 Å². The van der Waals surface area contributed by atoms with E-state index in [1.54, 1.807) is 0 Å². The second-order valence-electron chi connectivity index (χ2n) is 6.15. The standard InChI is InChI=1S/C17H25FN2O2/c1-21-17-11-14(4-5-16(17)18)12-19-6-2-3-15(13-19)20-7-9-22-10-8-20/h4-5,11,15H,2-3,6-10,12-13H2,1H3. The molecule has 2 aliphatic heterocycles. The van der Waals surface area contributed by atoms with Gasteiger partial charge in [-0.15, -0.1) is 0 Å². The van der Waals surface area contributed by atoms with E-state index in [1.165, 1.54) is 26.0 Å². The maximum absolute atomic E-state index is 13.5. The summed E-state index contributed by atoms with van der Waals surface area (Å²) in [6.07, 6.45) is 2.49. The molecule has 1 atom stereocenters. The van der Waals surface area contributed by atoms with E-state index >= 15 is 0 Å². The highest BCUT2D eigenvalue weighted by Crippen LogP contribution is 2.22. The van der Waals surface area contributed by atoms with Gasteiger partial charge in [-0.25, -0.2) is 4.39 Å². The molecule has 0 radical (unpaired) electrons. The van der Waals surface area contributed by atoms with Gasteiger partial charge in [-0.1, -0.05) is 6.07 Å². The fourth-order valence-electron chi connectivity index (χ4n) is 3.48. The van der Waals surface area contributed by atoms with E-state index in [2.05, 4.69) is 9.80 Å². The Morgan fingerprint density at radius 1 is 1.27 bits per heavy atom. The number of halogens is 1. The Morgan fingerprint density at radius 2 is 2.09 bits per heavy atom. The average molecular weight is 308 g/mol. The zero-order chi connectivity index (χ0) is 15.4. The van der Waals surface area contributed by atoms with Crippen LogP contribution in [0.15, 0.2) is 18.2 Å². The molecule has 2 saturated heterocycles. The minimum Gasteiger partial charge on any atom is -0.494 e. The lowest BCUT2D eigenvalue weighted by Crippen LogP contribution is -2.51. The predicted octanol–water partition coefficient (Wildman–Crippen LogP) is 2.13. The topological polar surface area (TPSA) is 24.9 Å². The third-order valence-corrected chi connectivity index (χ3v) is 4.66. The van der Waals surface area contributed by atoms with Crippen molar-refractivity contribution in [1.29, 1.82) is 0 Å². The van der Waals surface area contributed by atoms with E-state index in [4.69, 9.17) is 9.47 Å². The number of hydrogen-bond donors (Lipinski definition) is 0. The fourth-order valence-corrected chi connectivity index (χ4v) is 3.48. The minimum absolute atomic E-state index is 0.295. The van der Waals surface area contributed by atoms with Crippen LogP contribution in [0.1, 0.15) is 18.4 Å². The van der Waals surface area contributed by atoms with Crippen molar-refractivity contribution in [1.82, 2.24) is 9.80 Å². The number of likely N-dealkylation sites (tertiary alicyclic amines) is 1. The molecule has 2 aliphatic rings. The molecule has 0 bridgehead atoms. The van der Waals surface area contributed by atoms with Crippen LogP contribution in [0.2, 0.25) is 0 Å². The summed E-state index contributed by atoms with van der Waals surface area (Å²) in [5, 5.41) is 0. The van der Waals surface area contributed by atoms with Gasteiger partial charge in [0.25, 0.3) is 0 Å². The molecule has 122 valence electrons. The smallest absolute Gasteiger partial charge is 0.165 e. The van der Waals surface area contributed by atoms with Crippen molar-refractivity contribution >= 4 is 0 Å². The van der Waals surface area contributed by atoms with Crippen molar-refractivity contribution in [2.45, 2.75) is 25.4 Å². The van der Waals surface area contributed by atoms with Crippen molar-refractivity contribution in [3.63, 3.8) is 0 Å². The highest BCUT2D eigenvalue weighted by Gasteiger charge is 2.26. The third-order valence-electron chi connectivity index (χ3n) is 4.66. The summed E-state index contributed by atoms with van der Waals surface area (Å²) in [6, 6.07) is 5.79. The maximum Gasteiger partial charge on any atom is 0.165 e. The molecule has 2 fully saturated rings. The Hall–Kier alpha value is -1.17. The van der Waals surface area contributed by atoms with Crippen molar-refractivity contribution in [2.75, 3.05) is 46.5 Å². The quantitative estimate of drug-likeness (QED) is 0.851. The molecule has 0 N–H and O–H groups in total. The molecule has 0 amide bonds. The summed E-state index contributed by atoms with van der Waals surface area (Å²) in [5.74, 6) is 0.0373. The zero-order valence-corrected chi connectivity index (χ0v) is 13.3. The molecule has 0 spiro atoms. The molecule has 0 saturated carbocycles. The normalized spacial score (nSPS) is 24.4. The number of benzene rings is 1. The van der Waals surface area contributed by atoms with Crippen molar-refractivity contribution in [3.05, 3.63) is 29.6 Å². The van der Waals surface area contributed by atoms with Crippen molar-refractivity contribution < 1.29 is 13.9 Å². The van der Waals surface area contributed by atoms with Crippen LogP contribution in [0.4, 0.5) is 4.39 Å².